The lowest BCUT2D eigenvalue weighted by Crippen LogP contribution is -2.07. The van der Waals surface area contributed by atoms with Gasteiger partial charge >= 0.3 is 0 Å². The summed E-state index contributed by atoms with van der Waals surface area (Å²) in [4.78, 5) is 4.43. The summed E-state index contributed by atoms with van der Waals surface area (Å²) in [6.45, 7) is 4.32. The van der Waals surface area contributed by atoms with Gasteiger partial charge in [-0.25, -0.2) is 0 Å². The lowest BCUT2D eigenvalue weighted by atomic mass is 10.0. The minimum absolute atomic E-state index is 0.326. The van der Waals surface area contributed by atoms with Crippen LogP contribution in [0.3, 0.4) is 0 Å². The summed E-state index contributed by atoms with van der Waals surface area (Å²) in [7, 11) is 0. The maximum atomic E-state index is 4.43. The van der Waals surface area contributed by atoms with Crippen molar-refractivity contribution in [3.8, 4) is 0 Å². The van der Waals surface area contributed by atoms with Crippen molar-refractivity contribution in [1.82, 2.24) is 4.98 Å². The van der Waals surface area contributed by atoms with Gasteiger partial charge in [0.1, 0.15) is 0 Å². The van der Waals surface area contributed by atoms with Gasteiger partial charge in [0.15, 0.2) is 0 Å². The number of nitrogens with one attached hydrogen (secondary N) is 1. The summed E-state index contributed by atoms with van der Waals surface area (Å²) < 4.78 is 0. The molecule has 1 unspecified atom stereocenters. The van der Waals surface area contributed by atoms with Gasteiger partial charge in [0.2, 0.25) is 0 Å². The number of aryl methyl sites for hydroxylation is 2. The van der Waals surface area contributed by atoms with Crippen LogP contribution in [0, 0.1) is 13.8 Å². The van der Waals surface area contributed by atoms with Crippen LogP contribution >= 0.6 is 0 Å². The highest BCUT2D eigenvalue weighted by atomic mass is 15.0. The minimum Gasteiger partial charge on any atom is -0.376 e. The summed E-state index contributed by atoms with van der Waals surface area (Å²) >= 11 is 0. The maximum absolute atomic E-state index is 4.43. The van der Waals surface area contributed by atoms with Crippen LogP contribution in [-0.4, -0.2) is 4.98 Å². The Labute approximate surface area is 102 Å². The zero-order valence-corrected chi connectivity index (χ0v) is 10.2. The van der Waals surface area contributed by atoms with Crippen LogP contribution in [0.15, 0.2) is 36.5 Å². The highest BCUT2D eigenvalue weighted by Crippen LogP contribution is 2.36. The summed E-state index contributed by atoms with van der Waals surface area (Å²) in [6, 6.07) is 10.9. The summed E-state index contributed by atoms with van der Waals surface area (Å²) in [6.07, 6.45) is 2.90. The molecular weight excluding hydrogens is 208 g/mol. The predicted octanol–water partition coefficient (Wildman–Crippen LogP) is 3.41. The molecule has 86 valence electrons. The Morgan fingerprint density at radius 1 is 1.24 bits per heavy atom. The third-order valence-electron chi connectivity index (χ3n) is 3.35. The van der Waals surface area contributed by atoms with Crippen molar-refractivity contribution in [3.05, 3.63) is 58.9 Å². The highest BCUT2D eigenvalue weighted by molar-refractivity contribution is 5.63. The lowest BCUT2D eigenvalue weighted by Gasteiger charge is -2.11. The van der Waals surface area contributed by atoms with Crippen LogP contribution in [0.5, 0.6) is 0 Å². The van der Waals surface area contributed by atoms with Crippen LogP contribution in [0.25, 0.3) is 0 Å². The molecule has 1 aliphatic heterocycles. The first-order chi connectivity index (χ1) is 8.24. The largest absolute Gasteiger partial charge is 0.376 e. The Balaban J connectivity index is 1.96. The first-order valence-corrected chi connectivity index (χ1v) is 6.01. The van der Waals surface area contributed by atoms with Gasteiger partial charge in [-0.15, -0.1) is 0 Å². The average Bonchev–Trinajstić information content (AvgIpc) is 2.74. The molecule has 17 heavy (non-hydrogen) atoms. The van der Waals surface area contributed by atoms with Gasteiger partial charge in [0, 0.05) is 18.3 Å². The summed E-state index contributed by atoms with van der Waals surface area (Å²) in [5.41, 5.74) is 6.51. The number of pyridine rings is 1. The van der Waals surface area contributed by atoms with E-state index in [1.54, 1.807) is 0 Å². The fraction of sp³-hybridized carbons (Fsp3) is 0.267. The van der Waals surface area contributed by atoms with E-state index >= 15 is 0 Å². The number of rotatable bonds is 1. The van der Waals surface area contributed by atoms with E-state index in [0.29, 0.717) is 6.04 Å². The van der Waals surface area contributed by atoms with Crippen LogP contribution in [0.1, 0.15) is 28.4 Å². The number of nitrogens with zero attached hydrogens (tertiary/aromatic N) is 1. The Morgan fingerprint density at radius 3 is 2.88 bits per heavy atom. The molecule has 1 aromatic carbocycles. The first-order valence-electron chi connectivity index (χ1n) is 6.01. The molecule has 1 aromatic heterocycles. The van der Waals surface area contributed by atoms with Crippen molar-refractivity contribution in [2.24, 2.45) is 0 Å². The van der Waals surface area contributed by atoms with Crippen LogP contribution < -0.4 is 5.32 Å². The van der Waals surface area contributed by atoms with Gasteiger partial charge in [-0.05, 0) is 37.1 Å². The SMILES string of the molecule is Cc1cc(C)c2c(c1)CC(c1ccccn1)N2. The molecule has 0 aliphatic carbocycles. The van der Waals surface area contributed by atoms with E-state index in [1.165, 1.54) is 22.4 Å². The van der Waals surface area contributed by atoms with Crippen molar-refractivity contribution < 1.29 is 0 Å². The predicted molar refractivity (Wildman–Crippen MR) is 70.2 cm³/mol. The quantitative estimate of drug-likeness (QED) is 0.803. The maximum Gasteiger partial charge on any atom is 0.0726 e. The topological polar surface area (TPSA) is 24.9 Å². The molecule has 0 saturated heterocycles. The van der Waals surface area contributed by atoms with Crippen molar-refractivity contribution in [2.45, 2.75) is 26.3 Å². The Kier molecular flexibility index (Phi) is 2.36. The molecular formula is C15H16N2. The summed E-state index contributed by atoms with van der Waals surface area (Å²) in [5, 5.41) is 3.58. The van der Waals surface area contributed by atoms with E-state index < -0.39 is 0 Å². The Bertz CT molecular complexity index is 546. The molecule has 1 N–H and O–H groups in total. The number of fused-ring (bicyclic) bond motifs is 1. The normalized spacial score (nSPS) is 17.6. The smallest absolute Gasteiger partial charge is 0.0726 e. The third-order valence-corrected chi connectivity index (χ3v) is 3.35. The van der Waals surface area contributed by atoms with E-state index in [4.69, 9.17) is 0 Å². The van der Waals surface area contributed by atoms with Gasteiger partial charge in [-0.1, -0.05) is 23.8 Å². The zero-order valence-electron chi connectivity index (χ0n) is 10.2. The molecule has 0 radical (unpaired) electrons. The second-order valence-electron chi connectivity index (χ2n) is 4.77. The van der Waals surface area contributed by atoms with Crippen molar-refractivity contribution in [1.29, 1.82) is 0 Å². The second-order valence-corrected chi connectivity index (χ2v) is 4.77. The molecule has 2 heteroatoms. The van der Waals surface area contributed by atoms with Gasteiger partial charge in [-0.2, -0.15) is 0 Å². The van der Waals surface area contributed by atoms with Crippen LogP contribution in [-0.2, 0) is 6.42 Å². The number of benzene rings is 1. The zero-order chi connectivity index (χ0) is 11.8. The highest BCUT2D eigenvalue weighted by Gasteiger charge is 2.24. The minimum atomic E-state index is 0.326. The van der Waals surface area contributed by atoms with Crippen LogP contribution in [0.2, 0.25) is 0 Å². The fourth-order valence-corrected chi connectivity index (χ4v) is 2.63. The Morgan fingerprint density at radius 2 is 2.12 bits per heavy atom. The van der Waals surface area contributed by atoms with Crippen LogP contribution in [0.4, 0.5) is 5.69 Å². The molecule has 2 aromatic rings. The molecule has 0 bridgehead atoms. The van der Waals surface area contributed by atoms with E-state index in [9.17, 15) is 0 Å². The first kappa shape index (κ1) is 10.3. The monoisotopic (exact) mass is 224 g/mol. The van der Waals surface area contributed by atoms with Gasteiger partial charge < -0.3 is 5.32 Å². The third kappa shape index (κ3) is 1.80. The van der Waals surface area contributed by atoms with Gasteiger partial charge in [0.25, 0.3) is 0 Å². The lowest BCUT2D eigenvalue weighted by molar-refractivity contribution is 0.788. The molecule has 1 aliphatic rings. The van der Waals surface area contributed by atoms with Crippen molar-refractivity contribution >= 4 is 5.69 Å². The summed E-state index contributed by atoms with van der Waals surface area (Å²) in [5.74, 6) is 0. The van der Waals surface area contributed by atoms with E-state index in [0.717, 1.165) is 12.1 Å². The average molecular weight is 224 g/mol. The Hall–Kier alpha value is -1.83. The number of hydrogen-bond acceptors (Lipinski definition) is 2. The van der Waals surface area contributed by atoms with E-state index in [-0.39, 0.29) is 0 Å². The number of anilines is 1. The molecule has 0 amide bonds. The molecule has 1 atom stereocenters. The molecule has 0 spiro atoms. The molecule has 2 heterocycles. The fourth-order valence-electron chi connectivity index (χ4n) is 2.63. The molecule has 0 fully saturated rings. The number of aromatic nitrogens is 1. The molecule has 3 rings (SSSR count). The molecule has 0 saturated carbocycles. The van der Waals surface area contributed by atoms with E-state index in [1.807, 2.05) is 18.3 Å². The van der Waals surface area contributed by atoms with Gasteiger partial charge in [-0.3, -0.25) is 4.98 Å². The van der Waals surface area contributed by atoms with Gasteiger partial charge in [0.05, 0.1) is 11.7 Å². The van der Waals surface area contributed by atoms with Crippen molar-refractivity contribution in [2.75, 3.05) is 5.32 Å². The molecule has 2 nitrogen and oxygen atoms in total. The second kappa shape index (κ2) is 3.88. The van der Waals surface area contributed by atoms with E-state index in [2.05, 4.69) is 42.3 Å². The van der Waals surface area contributed by atoms with Crippen molar-refractivity contribution in [3.63, 3.8) is 0 Å². The standard InChI is InChI=1S/C15H16N2/c1-10-7-11(2)15-12(8-10)9-14(17-15)13-5-3-4-6-16-13/h3-8,14,17H,9H2,1-2H3. The number of hydrogen-bond donors (Lipinski definition) is 1.